The maximum atomic E-state index is 12.7. The zero-order chi connectivity index (χ0) is 14.2. The molecule has 2 bridgehead atoms. The van der Waals surface area contributed by atoms with Crippen LogP contribution in [0, 0.1) is 5.92 Å². The Kier molecular flexibility index (Phi) is 3.85. The minimum absolute atomic E-state index is 0.0112. The van der Waals surface area contributed by atoms with E-state index in [1.807, 2.05) is 20.8 Å². The fourth-order valence-corrected chi connectivity index (χ4v) is 3.28. The zero-order valence-electron chi connectivity index (χ0n) is 12.0. The number of aliphatic carboxylic acids is 1. The number of amides is 1. The molecule has 5 nitrogen and oxygen atoms in total. The Morgan fingerprint density at radius 2 is 2.00 bits per heavy atom. The van der Waals surface area contributed by atoms with Crippen LogP contribution in [0.1, 0.15) is 46.5 Å². The molecule has 2 heterocycles. The highest BCUT2D eigenvalue weighted by molar-refractivity contribution is 5.81. The molecule has 0 aromatic heterocycles. The predicted octanol–water partition coefficient (Wildman–Crippen LogP) is 1.23. The fraction of sp³-hybridized carbons (Fsp3) is 0.857. The molecule has 2 saturated heterocycles. The largest absolute Gasteiger partial charge is 0.481 e. The van der Waals surface area contributed by atoms with Gasteiger partial charge in [0.25, 0.3) is 0 Å². The molecule has 2 fully saturated rings. The molecule has 5 heteroatoms. The van der Waals surface area contributed by atoms with E-state index in [9.17, 15) is 9.59 Å². The summed E-state index contributed by atoms with van der Waals surface area (Å²) in [6.45, 7) is 6.19. The molecule has 1 amide bonds. The standard InChI is InChI=1S/C14H24N2O3/c1-14(2,3)16(7-6-12(17)18)13(19)10-8-9-4-5-11(10)15-9/h9-11,15H,4-8H2,1-3H3,(H,17,18). The second kappa shape index (κ2) is 5.12. The maximum Gasteiger partial charge on any atom is 0.305 e. The fourth-order valence-electron chi connectivity index (χ4n) is 3.28. The van der Waals surface area contributed by atoms with Gasteiger partial charge in [-0.25, -0.2) is 0 Å². The number of nitrogens with zero attached hydrogens (tertiary/aromatic N) is 1. The molecule has 0 aromatic carbocycles. The van der Waals surface area contributed by atoms with Gasteiger partial charge in [-0.1, -0.05) is 0 Å². The second-order valence-corrected chi connectivity index (χ2v) is 6.69. The first-order valence-corrected chi connectivity index (χ1v) is 7.08. The van der Waals surface area contributed by atoms with Gasteiger partial charge in [-0.3, -0.25) is 9.59 Å². The number of rotatable bonds is 4. The molecule has 2 N–H and O–H groups in total. The van der Waals surface area contributed by atoms with E-state index in [0.717, 1.165) is 12.8 Å². The number of carbonyl (C=O) groups is 2. The summed E-state index contributed by atoms with van der Waals surface area (Å²) in [6, 6.07) is 0.785. The monoisotopic (exact) mass is 268 g/mol. The van der Waals surface area contributed by atoms with Crippen molar-refractivity contribution in [3.05, 3.63) is 0 Å². The molecule has 2 rings (SSSR count). The van der Waals surface area contributed by atoms with Gasteiger partial charge in [0.2, 0.25) is 5.91 Å². The third-order valence-electron chi connectivity index (χ3n) is 4.24. The topological polar surface area (TPSA) is 69.6 Å². The van der Waals surface area contributed by atoms with Gasteiger partial charge in [0.05, 0.1) is 12.3 Å². The van der Waals surface area contributed by atoms with Crippen molar-refractivity contribution < 1.29 is 14.7 Å². The first-order chi connectivity index (χ1) is 8.79. The second-order valence-electron chi connectivity index (χ2n) is 6.69. The van der Waals surface area contributed by atoms with E-state index in [1.54, 1.807) is 4.90 Å². The Balaban J connectivity index is 2.05. The molecule has 0 aliphatic carbocycles. The molecule has 2 aliphatic rings. The van der Waals surface area contributed by atoms with Crippen LogP contribution in [-0.4, -0.2) is 46.1 Å². The number of nitrogens with one attached hydrogen (secondary N) is 1. The van der Waals surface area contributed by atoms with E-state index in [2.05, 4.69) is 5.32 Å². The summed E-state index contributed by atoms with van der Waals surface area (Å²) < 4.78 is 0. The predicted molar refractivity (Wildman–Crippen MR) is 71.8 cm³/mol. The molecular weight excluding hydrogens is 244 g/mol. The third kappa shape index (κ3) is 3.08. The van der Waals surface area contributed by atoms with Gasteiger partial charge in [-0.2, -0.15) is 0 Å². The van der Waals surface area contributed by atoms with Crippen molar-refractivity contribution in [1.29, 1.82) is 0 Å². The lowest BCUT2D eigenvalue weighted by atomic mass is 9.87. The number of hydrogen-bond acceptors (Lipinski definition) is 3. The van der Waals surface area contributed by atoms with Crippen molar-refractivity contribution in [2.75, 3.05) is 6.54 Å². The summed E-state index contributed by atoms with van der Waals surface area (Å²) in [4.78, 5) is 25.2. The Morgan fingerprint density at radius 1 is 1.32 bits per heavy atom. The quantitative estimate of drug-likeness (QED) is 0.804. The highest BCUT2D eigenvalue weighted by atomic mass is 16.4. The SMILES string of the molecule is CC(C)(C)N(CCC(=O)O)C(=O)C1CC2CCC1N2. The number of hydrogen-bond donors (Lipinski definition) is 2. The average molecular weight is 268 g/mol. The number of carboxylic acids is 1. The van der Waals surface area contributed by atoms with Crippen LogP contribution in [0.5, 0.6) is 0 Å². The van der Waals surface area contributed by atoms with Crippen LogP contribution in [0.15, 0.2) is 0 Å². The summed E-state index contributed by atoms with van der Waals surface area (Å²) in [5.74, 6) is -0.701. The van der Waals surface area contributed by atoms with Crippen LogP contribution in [0.25, 0.3) is 0 Å². The molecule has 0 spiro atoms. The van der Waals surface area contributed by atoms with E-state index >= 15 is 0 Å². The Labute approximate surface area is 114 Å². The van der Waals surface area contributed by atoms with Crippen LogP contribution in [-0.2, 0) is 9.59 Å². The van der Waals surface area contributed by atoms with Gasteiger partial charge < -0.3 is 15.3 Å². The van der Waals surface area contributed by atoms with E-state index in [4.69, 9.17) is 5.11 Å². The van der Waals surface area contributed by atoms with Crippen molar-refractivity contribution in [1.82, 2.24) is 10.2 Å². The maximum absolute atomic E-state index is 12.7. The highest BCUT2D eigenvalue weighted by Crippen LogP contribution is 2.35. The number of fused-ring (bicyclic) bond motifs is 2. The summed E-state index contributed by atoms with van der Waals surface area (Å²) in [5, 5.41) is 12.3. The first kappa shape index (κ1) is 14.3. The van der Waals surface area contributed by atoms with Gasteiger partial charge in [-0.05, 0) is 40.0 Å². The third-order valence-corrected chi connectivity index (χ3v) is 4.24. The molecule has 2 aliphatic heterocycles. The van der Waals surface area contributed by atoms with E-state index in [-0.39, 0.29) is 23.8 Å². The van der Waals surface area contributed by atoms with Crippen LogP contribution in [0.4, 0.5) is 0 Å². The van der Waals surface area contributed by atoms with Crippen molar-refractivity contribution in [2.24, 2.45) is 5.92 Å². The summed E-state index contributed by atoms with van der Waals surface area (Å²) >= 11 is 0. The Bertz CT molecular complexity index is 375. The lowest BCUT2D eigenvalue weighted by Crippen LogP contribution is -2.51. The van der Waals surface area contributed by atoms with Crippen molar-refractivity contribution >= 4 is 11.9 Å². The molecule has 0 aromatic rings. The van der Waals surface area contributed by atoms with E-state index < -0.39 is 5.97 Å². The van der Waals surface area contributed by atoms with Crippen LogP contribution in [0.2, 0.25) is 0 Å². The van der Waals surface area contributed by atoms with Gasteiger partial charge in [0, 0.05) is 24.2 Å². The zero-order valence-corrected chi connectivity index (χ0v) is 12.0. The smallest absolute Gasteiger partial charge is 0.305 e. The summed E-state index contributed by atoms with van der Waals surface area (Å²) in [7, 11) is 0. The summed E-state index contributed by atoms with van der Waals surface area (Å²) in [5.41, 5.74) is -0.325. The normalized spacial score (nSPS) is 29.5. The summed E-state index contributed by atoms with van der Waals surface area (Å²) in [6.07, 6.45) is 3.15. The van der Waals surface area contributed by atoms with Crippen LogP contribution in [0.3, 0.4) is 0 Å². The highest BCUT2D eigenvalue weighted by Gasteiger charge is 2.45. The molecular formula is C14H24N2O3. The van der Waals surface area contributed by atoms with Gasteiger partial charge in [-0.15, -0.1) is 0 Å². The minimum atomic E-state index is -0.854. The number of carboxylic acid groups (broad SMARTS) is 1. The Morgan fingerprint density at radius 3 is 2.42 bits per heavy atom. The molecule has 0 saturated carbocycles. The van der Waals surface area contributed by atoms with Gasteiger partial charge >= 0.3 is 5.97 Å². The number of carbonyl (C=O) groups excluding carboxylic acids is 1. The van der Waals surface area contributed by atoms with Crippen molar-refractivity contribution in [3.63, 3.8) is 0 Å². The average Bonchev–Trinajstić information content (AvgIpc) is 2.88. The van der Waals surface area contributed by atoms with Crippen LogP contribution < -0.4 is 5.32 Å². The Hall–Kier alpha value is -1.10. The van der Waals surface area contributed by atoms with E-state index in [1.165, 1.54) is 6.42 Å². The molecule has 19 heavy (non-hydrogen) atoms. The van der Waals surface area contributed by atoms with E-state index in [0.29, 0.717) is 18.6 Å². The van der Waals surface area contributed by atoms with Crippen molar-refractivity contribution in [3.8, 4) is 0 Å². The minimum Gasteiger partial charge on any atom is -0.481 e. The first-order valence-electron chi connectivity index (χ1n) is 7.08. The lowest BCUT2D eigenvalue weighted by Gasteiger charge is -2.38. The van der Waals surface area contributed by atoms with Gasteiger partial charge in [0.1, 0.15) is 0 Å². The van der Waals surface area contributed by atoms with Crippen molar-refractivity contribution in [2.45, 2.75) is 64.1 Å². The molecule has 0 radical (unpaired) electrons. The van der Waals surface area contributed by atoms with Crippen LogP contribution >= 0.6 is 0 Å². The lowest BCUT2D eigenvalue weighted by molar-refractivity contribution is -0.143. The molecule has 108 valence electrons. The molecule has 3 unspecified atom stereocenters. The van der Waals surface area contributed by atoms with Gasteiger partial charge in [0.15, 0.2) is 0 Å². The molecule has 3 atom stereocenters.